The largest absolute Gasteiger partial charge is 2.00 e. The molecule has 0 aliphatic heterocycles. The van der Waals surface area contributed by atoms with Crippen molar-refractivity contribution < 1.29 is 86.4 Å². The maximum Gasteiger partial charge on any atom is 2.00 e. The molecule has 1 aromatic carbocycles. The van der Waals surface area contributed by atoms with Gasteiger partial charge in [-0.25, -0.2) is 16.8 Å². The zero-order chi connectivity index (χ0) is 19.1. The molecule has 0 N–H and O–H groups in total. The second kappa shape index (κ2) is 12.1. The van der Waals surface area contributed by atoms with Gasteiger partial charge in [-0.1, -0.05) is 35.9 Å². The molecule has 0 aromatic heterocycles. The van der Waals surface area contributed by atoms with Crippen LogP contribution in [0.3, 0.4) is 0 Å². The molecule has 2 radical (unpaired) electrons. The van der Waals surface area contributed by atoms with E-state index >= 15 is 0 Å². The summed E-state index contributed by atoms with van der Waals surface area (Å²) in [6.07, 6.45) is 0. The van der Waals surface area contributed by atoms with E-state index in [1.165, 1.54) is 5.56 Å². The molecule has 0 spiro atoms. The number of rotatable bonds is 0. The van der Waals surface area contributed by atoms with Gasteiger partial charge in [0, 0.05) is 0 Å². The van der Waals surface area contributed by atoms with Crippen molar-refractivity contribution in [2.24, 2.45) is 0 Å². The third kappa shape index (κ3) is 16.9. The van der Waals surface area contributed by atoms with Crippen LogP contribution < -0.4 is 0 Å². The summed E-state index contributed by atoms with van der Waals surface area (Å²) in [4.78, 5) is 0. The second-order valence-electron chi connectivity index (χ2n) is 3.45. The number of hydrogen-bond acceptors (Lipinski definition) is 6. The van der Waals surface area contributed by atoms with Crippen LogP contribution in [-0.2, 0) is 54.4 Å². The van der Waals surface area contributed by atoms with Crippen LogP contribution in [0, 0.1) is 6.92 Å². The summed E-state index contributed by atoms with van der Waals surface area (Å²) in [6, 6.07) is 10.3. The van der Waals surface area contributed by atoms with E-state index in [4.69, 9.17) is 25.9 Å². The third-order valence-electron chi connectivity index (χ3n) is 1.51. The minimum Gasteiger partial charge on any atom is -0.741 e. The first-order chi connectivity index (χ1) is 9.89. The van der Waals surface area contributed by atoms with Crippen LogP contribution in [0.25, 0.3) is 0 Å². The molecule has 0 atom stereocenters. The zero-order valence-electron chi connectivity index (χ0n) is 11.5. The number of aryl methyl sites for hydroxylation is 1. The molecule has 1 aromatic rings. The van der Waals surface area contributed by atoms with Crippen molar-refractivity contribution in [2.75, 3.05) is 0 Å². The molecule has 16 heteroatoms. The Morgan fingerprint density at radius 2 is 0.920 bits per heavy atom. The molecule has 0 unspecified atom stereocenters. The van der Waals surface area contributed by atoms with Gasteiger partial charge in [0.15, 0.2) is 20.2 Å². The number of halogens is 6. The summed E-state index contributed by atoms with van der Waals surface area (Å²) < 4.78 is 118. The van der Waals surface area contributed by atoms with Gasteiger partial charge in [0.25, 0.3) is 0 Å². The van der Waals surface area contributed by atoms with Gasteiger partial charge in [-0.05, 0) is 6.92 Å². The molecule has 6 nitrogen and oxygen atoms in total. The maximum absolute atomic E-state index is 10.7. The van der Waals surface area contributed by atoms with E-state index in [-0.39, 0.29) is 34.1 Å². The van der Waals surface area contributed by atoms with Crippen molar-refractivity contribution in [1.29, 1.82) is 0 Å². The Kier molecular flexibility index (Phi) is 15.7. The molecule has 0 heterocycles. The number of benzene rings is 1. The molecule has 1 rings (SSSR count). The molecule has 0 fully saturated rings. The summed E-state index contributed by atoms with van der Waals surface area (Å²) in [5.74, 6) is 0. The van der Waals surface area contributed by atoms with Crippen molar-refractivity contribution in [2.45, 2.75) is 17.9 Å². The predicted molar refractivity (Wildman–Crippen MR) is 62.7 cm³/mol. The topological polar surface area (TPSA) is 114 Å². The molecular formula is C9H8Cu2F6O6S2+2. The van der Waals surface area contributed by atoms with Crippen molar-refractivity contribution in [3.63, 3.8) is 0 Å². The Bertz CT molecular complexity index is 631. The molecule has 0 saturated heterocycles. The van der Waals surface area contributed by atoms with E-state index in [1.54, 1.807) is 0 Å². The van der Waals surface area contributed by atoms with E-state index in [9.17, 15) is 26.3 Å². The summed E-state index contributed by atoms with van der Waals surface area (Å²) in [5.41, 5.74) is -9.97. The zero-order valence-corrected chi connectivity index (χ0v) is 15.0. The Labute approximate surface area is 160 Å². The molecule has 154 valence electrons. The first-order valence-corrected chi connectivity index (χ1v) is 7.77. The number of hydrogen-bond donors (Lipinski definition) is 0. The van der Waals surface area contributed by atoms with Gasteiger partial charge in [0.05, 0.1) is 0 Å². The van der Waals surface area contributed by atoms with E-state index in [0.29, 0.717) is 0 Å². The SMILES string of the molecule is Cc1ccccc1.O=S(=O)([O-])C(F)(F)F.O=S(=O)([O-])C(F)(F)F.[Cu+2].[Cu+2]. The van der Waals surface area contributed by atoms with Gasteiger partial charge in [-0.15, -0.1) is 0 Å². The van der Waals surface area contributed by atoms with Crippen molar-refractivity contribution in [3.05, 3.63) is 35.9 Å². The van der Waals surface area contributed by atoms with Crippen LogP contribution in [-0.4, -0.2) is 37.0 Å². The standard InChI is InChI=1S/C7H8.2CHF3O3S.2Cu/c1-7-5-3-2-4-6-7;2*2-1(3,4)8(5,6)7;;/h2-6H,1H3;2*(H,5,6,7);;/q;;;2*+2/p-2. The average Bonchev–Trinajstić information content (AvgIpc) is 2.25. The predicted octanol–water partition coefficient (Wildman–Crippen LogP) is 2.09. The smallest absolute Gasteiger partial charge is 0.741 e. The Morgan fingerprint density at radius 3 is 1.00 bits per heavy atom. The summed E-state index contributed by atoms with van der Waals surface area (Å²) in [6.45, 7) is 2.08. The summed E-state index contributed by atoms with van der Waals surface area (Å²) in [7, 11) is -12.2. The fourth-order valence-corrected chi connectivity index (χ4v) is 0.534. The van der Waals surface area contributed by atoms with Crippen LogP contribution in [0.1, 0.15) is 5.56 Å². The molecule has 0 amide bonds. The Hall–Kier alpha value is -0.341. The molecule has 25 heavy (non-hydrogen) atoms. The van der Waals surface area contributed by atoms with Crippen molar-refractivity contribution in [1.82, 2.24) is 0 Å². The van der Waals surface area contributed by atoms with Crippen molar-refractivity contribution in [3.8, 4) is 0 Å². The van der Waals surface area contributed by atoms with Gasteiger partial charge < -0.3 is 9.11 Å². The number of alkyl halides is 6. The van der Waals surface area contributed by atoms with Gasteiger partial charge in [-0.2, -0.15) is 26.3 Å². The van der Waals surface area contributed by atoms with Crippen LogP contribution >= 0.6 is 0 Å². The monoisotopic (exact) mass is 516 g/mol. The summed E-state index contributed by atoms with van der Waals surface area (Å²) in [5, 5.41) is 0. The van der Waals surface area contributed by atoms with Gasteiger partial charge in [-0.3, -0.25) is 0 Å². The Morgan fingerprint density at radius 1 is 0.720 bits per heavy atom. The molecular weight excluding hydrogens is 509 g/mol. The molecule has 0 saturated carbocycles. The first kappa shape index (κ1) is 32.3. The van der Waals surface area contributed by atoms with E-state index in [2.05, 4.69) is 19.1 Å². The van der Waals surface area contributed by atoms with E-state index in [1.807, 2.05) is 18.2 Å². The van der Waals surface area contributed by atoms with Crippen molar-refractivity contribution >= 4 is 20.2 Å². The van der Waals surface area contributed by atoms with Gasteiger partial charge in [0.1, 0.15) is 0 Å². The minimum absolute atomic E-state index is 0. The van der Waals surface area contributed by atoms with Crippen LogP contribution in [0.2, 0.25) is 0 Å². The second-order valence-corrected chi connectivity index (χ2v) is 6.20. The normalized spacial score (nSPS) is 11.4. The molecule has 0 bridgehead atoms. The fraction of sp³-hybridized carbons (Fsp3) is 0.333. The first-order valence-electron chi connectivity index (χ1n) is 4.95. The average molecular weight is 517 g/mol. The quantitative estimate of drug-likeness (QED) is 0.225. The minimum atomic E-state index is -6.09. The van der Waals surface area contributed by atoms with Gasteiger partial charge >= 0.3 is 45.2 Å². The van der Waals surface area contributed by atoms with Crippen LogP contribution in [0.4, 0.5) is 26.3 Å². The molecule has 0 aliphatic carbocycles. The van der Waals surface area contributed by atoms with Crippen LogP contribution in [0.5, 0.6) is 0 Å². The van der Waals surface area contributed by atoms with E-state index < -0.39 is 31.3 Å². The Balaban J connectivity index is -0.000000127. The maximum atomic E-state index is 10.7. The molecule has 0 aliphatic rings. The fourth-order valence-electron chi connectivity index (χ4n) is 0.534. The van der Waals surface area contributed by atoms with Gasteiger partial charge in [0.2, 0.25) is 0 Å². The summed E-state index contributed by atoms with van der Waals surface area (Å²) >= 11 is 0. The third-order valence-corrected chi connectivity index (χ3v) is 2.64. The van der Waals surface area contributed by atoms with Crippen LogP contribution in [0.15, 0.2) is 30.3 Å². The van der Waals surface area contributed by atoms with E-state index in [0.717, 1.165) is 0 Å².